The molecule has 1 saturated carbocycles. The van der Waals surface area contributed by atoms with Gasteiger partial charge >= 0.3 is 0 Å². The molecule has 0 bridgehead atoms. The van der Waals surface area contributed by atoms with Gasteiger partial charge in [0.05, 0.1) is 6.54 Å². The van der Waals surface area contributed by atoms with Crippen LogP contribution >= 0.6 is 0 Å². The van der Waals surface area contributed by atoms with E-state index in [-0.39, 0.29) is 22.9 Å². The Balaban J connectivity index is 1.37. The second kappa shape index (κ2) is 8.61. The second-order valence-corrected chi connectivity index (χ2v) is 8.89. The molecule has 0 radical (unpaired) electrons. The number of benzene rings is 1. The number of aromatic nitrogens is 5. The summed E-state index contributed by atoms with van der Waals surface area (Å²) in [4.78, 5) is 35.1. The first-order valence-corrected chi connectivity index (χ1v) is 11.3. The van der Waals surface area contributed by atoms with Crippen molar-refractivity contribution in [3.63, 3.8) is 0 Å². The van der Waals surface area contributed by atoms with Crippen molar-refractivity contribution in [2.24, 2.45) is 5.92 Å². The number of nitrogens with one attached hydrogen (secondary N) is 1. The molecule has 5 rings (SSSR count). The third kappa shape index (κ3) is 4.24. The molecule has 3 heterocycles. The van der Waals surface area contributed by atoms with E-state index in [0.29, 0.717) is 36.9 Å². The number of carbonyl (C=O) groups excluding carboxylic acids is 1. The molecule has 2 aromatic heterocycles. The molecule has 1 amide bonds. The number of carbonyl (C=O) groups is 1. The lowest BCUT2D eigenvalue weighted by molar-refractivity contribution is -0.133. The monoisotopic (exact) mass is 420 g/mol. The highest BCUT2D eigenvalue weighted by molar-refractivity contribution is 5.76. The Morgan fingerprint density at radius 2 is 1.90 bits per heavy atom. The van der Waals surface area contributed by atoms with Crippen LogP contribution in [0.1, 0.15) is 62.3 Å². The highest BCUT2D eigenvalue weighted by atomic mass is 16.2. The predicted octanol–water partition coefficient (Wildman–Crippen LogP) is 2.85. The third-order valence-corrected chi connectivity index (χ3v) is 6.67. The van der Waals surface area contributed by atoms with E-state index in [9.17, 15) is 9.59 Å². The maximum absolute atomic E-state index is 12.8. The third-order valence-electron chi connectivity index (χ3n) is 6.67. The molecule has 2 aliphatic rings. The zero-order chi connectivity index (χ0) is 21.2. The highest BCUT2D eigenvalue weighted by Crippen LogP contribution is 2.30. The van der Waals surface area contributed by atoms with Crippen LogP contribution in [-0.4, -0.2) is 48.9 Å². The molecule has 1 atom stereocenters. The molecule has 8 heteroatoms. The van der Waals surface area contributed by atoms with Gasteiger partial charge in [0.1, 0.15) is 5.82 Å². The van der Waals surface area contributed by atoms with Crippen LogP contribution in [0.15, 0.2) is 35.1 Å². The van der Waals surface area contributed by atoms with E-state index < -0.39 is 0 Å². The van der Waals surface area contributed by atoms with Crippen molar-refractivity contribution in [3.05, 3.63) is 52.1 Å². The van der Waals surface area contributed by atoms with Crippen LogP contribution in [0.3, 0.4) is 0 Å². The lowest BCUT2D eigenvalue weighted by atomic mass is 9.95. The number of H-pyrrole nitrogens is 1. The quantitative estimate of drug-likeness (QED) is 0.685. The summed E-state index contributed by atoms with van der Waals surface area (Å²) in [5, 5.41) is 8.20. The first-order valence-electron chi connectivity index (χ1n) is 11.3. The Morgan fingerprint density at radius 3 is 2.71 bits per heavy atom. The normalized spacial score (nSPS) is 19.9. The molecular weight excluding hydrogens is 392 g/mol. The zero-order valence-corrected chi connectivity index (χ0v) is 17.7. The minimum absolute atomic E-state index is 0.0263. The van der Waals surface area contributed by atoms with Crippen molar-refractivity contribution in [3.8, 4) is 0 Å². The number of rotatable bonds is 5. The maximum Gasteiger partial charge on any atom is 0.281 e. The summed E-state index contributed by atoms with van der Waals surface area (Å²) < 4.78 is 1.68. The largest absolute Gasteiger partial charge is 0.342 e. The van der Waals surface area contributed by atoms with Crippen LogP contribution in [0.2, 0.25) is 0 Å². The van der Waals surface area contributed by atoms with Crippen molar-refractivity contribution >= 4 is 17.1 Å². The summed E-state index contributed by atoms with van der Waals surface area (Å²) in [6, 6.07) is 9.93. The molecule has 2 fully saturated rings. The average molecular weight is 421 g/mol. The summed E-state index contributed by atoms with van der Waals surface area (Å²) in [6.45, 7) is 1.91. The number of fused-ring (bicyclic) bond motifs is 1. The zero-order valence-electron chi connectivity index (χ0n) is 17.7. The topological polar surface area (TPSA) is 96.8 Å². The van der Waals surface area contributed by atoms with Crippen LogP contribution < -0.4 is 5.56 Å². The Hall–Kier alpha value is -3.03. The van der Waals surface area contributed by atoms with Crippen LogP contribution in [0.5, 0.6) is 0 Å². The number of aromatic amines is 1. The van der Waals surface area contributed by atoms with Gasteiger partial charge in [-0.25, -0.2) is 9.67 Å². The van der Waals surface area contributed by atoms with Gasteiger partial charge in [0.2, 0.25) is 5.91 Å². The van der Waals surface area contributed by atoms with Gasteiger partial charge in [-0.2, -0.15) is 0 Å². The average Bonchev–Trinajstić information content (AvgIpc) is 3.45. The van der Waals surface area contributed by atoms with E-state index in [4.69, 9.17) is 4.98 Å². The van der Waals surface area contributed by atoms with E-state index >= 15 is 0 Å². The SMILES string of the molecule is O=C(CC1CCCC1)N1CCCC(c2nc3c(nnn3Cc3ccccc3)c(=O)[nH]2)C1. The van der Waals surface area contributed by atoms with Gasteiger partial charge in [0, 0.05) is 25.4 Å². The summed E-state index contributed by atoms with van der Waals surface area (Å²) in [5.41, 5.74) is 1.55. The molecule has 162 valence electrons. The first kappa shape index (κ1) is 19.9. The molecule has 0 spiro atoms. The summed E-state index contributed by atoms with van der Waals surface area (Å²) in [5.74, 6) is 1.45. The molecule has 3 aromatic rings. The van der Waals surface area contributed by atoms with Gasteiger partial charge in [0.25, 0.3) is 5.56 Å². The molecular formula is C23H28N6O2. The smallest absolute Gasteiger partial charge is 0.281 e. The molecule has 1 aliphatic carbocycles. The summed E-state index contributed by atoms with van der Waals surface area (Å²) >= 11 is 0. The van der Waals surface area contributed by atoms with Crippen molar-refractivity contribution in [2.45, 2.75) is 57.4 Å². The lowest BCUT2D eigenvalue weighted by Crippen LogP contribution is -2.40. The first-order chi connectivity index (χ1) is 15.2. The lowest BCUT2D eigenvalue weighted by Gasteiger charge is -2.33. The predicted molar refractivity (Wildman–Crippen MR) is 117 cm³/mol. The van der Waals surface area contributed by atoms with Gasteiger partial charge in [-0.15, -0.1) is 5.10 Å². The number of hydrogen-bond donors (Lipinski definition) is 1. The summed E-state index contributed by atoms with van der Waals surface area (Å²) in [6.07, 6.45) is 7.32. The van der Waals surface area contributed by atoms with Gasteiger partial charge in [-0.3, -0.25) is 9.59 Å². The van der Waals surface area contributed by atoms with E-state index in [0.717, 1.165) is 24.9 Å². The molecule has 1 N–H and O–H groups in total. The Labute approximate surface area is 180 Å². The number of likely N-dealkylation sites (tertiary alicyclic amines) is 1. The Kier molecular flexibility index (Phi) is 5.53. The Bertz CT molecular complexity index is 1120. The van der Waals surface area contributed by atoms with Crippen LogP contribution in [0, 0.1) is 5.92 Å². The number of hydrogen-bond acceptors (Lipinski definition) is 5. The van der Waals surface area contributed by atoms with E-state index in [1.807, 2.05) is 35.2 Å². The van der Waals surface area contributed by atoms with E-state index in [1.165, 1.54) is 25.7 Å². The van der Waals surface area contributed by atoms with Crippen molar-refractivity contribution < 1.29 is 4.79 Å². The maximum atomic E-state index is 12.8. The minimum Gasteiger partial charge on any atom is -0.342 e. The minimum atomic E-state index is -0.270. The number of amides is 1. The molecule has 1 unspecified atom stereocenters. The van der Waals surface area contributed by atoms with Gasteiger partial charge < -0.3 is 9.88 Å². The fourth-order valence-corrected chi connectivity index (χ4v) is 4.96. The number of nitrogens with zero attached hydrogens (tertiary/aromatic N) is 5. The second-order valence-electron chi connectivity index (χ2n) is 8.89. The standard InChI is InChI=1S/C23H28N6O2/c30-19(13-16-7-4-5-8-16)28-12-6-11-18(15-28)21-24-22-20(23(31)25-21)26-27-29(22)14-17-9-2-1-3-10-17/h1-3,9-10,16,18H,4-8,11-15H2,(H,24,25,31). The fourth-order valence-electron chi connectivity index (χ4n) is 4.96. The van der Waals surface area contributed by atoms with Crippen molar-refractivity contribution in [2.75, 3.05) is 13.1 Å². The molecule has 8 nitrogen and oxygen atoms in total. The van der Waals surface area contributed by atoms with Gasteiger partial charge in [-0.05, 0) is 37.2 Å². The van der Waals surface area contributed by atoms with Crippen molar-refractivity contribution in [1.29, 1.82) is 0 Å². The van der Waals surface area contributed by atoms with Crippen LogP contribution in [-0.2, 0) is 11.3 Å². The molecule has 1 saturated heterocycles. The van der Waals surface area contributed by atoms with E-state index in [1.54, 1.807) is 4.68 Å². The molecule has 1 aliphatic heterocycles. The van der Waals surface area contributed by atoms with Gasteiger partial charge in [0.15, 0.2) is 11.2 Å². The van der Waals surface area contributed by atoms with Crippen LogP contribution in [0.4, 0.5) is 0 Å². The molecule has 1 aromatic carbocycles. The fraction of sp³-hybridized carbons (Fsp3) is 0.522. The van der Waals surface area contributed by atoms with Gasteiger partial charge in [-0.1, -0.05) is 48.4 Å². The number of piperidine rings is 1. The highest BCUT2D eigenvalue weighted by Gasteiger charge is 2.29. The summed E-state index contributed by atoms with van der Waals surface area (Å²) in [7, 11) is 0. The van der Waals surface area contributed by atoms with Crippen LogP contribution in [0.25, 0.3) is 11.2 Å². The van der Waals surface area contributed by atoms with Crippen molar-refractivity contribution in [1.82, 2.24) is 29.9 Å². The Morgan fingerprint density at radius 1 is 1.10 bits per heavy atom. The van der Waals surface area contributed by atoms with E-state index in [2.05, 4.69) is 15.3 Å². The molecule has 31 heavy (non-hydrogen) atoms.